The van der Waals surface area contributed by atoms with E-state index in [1.165, 1.54) is 0 Å². The molecule has 4 aromatic rings. The molecule has 2 aromatic heterocycles. The van der Waals surface area contributed by atoms with Crippen LogP contribution in [0.3, 0.4) is 0 Å². The van der Waals surface area contributed by atoms with Gasteiger partial charge in [-0.3, -0.25) is 9.89 Å². The highest BCUT2D eigenvalue weighted by atomic mass is 16.1. The number of carbonyl (C=O) groups is 1. The zero-order valence-electron chi connectivity index (χ0n) is 16.2. The molecule has 142 valence electrons. The SMILES string of the molecule is Cc1ccc2[nH]nc(C(=O)Nc3cccc(Cn4ccnc4C(C)C)c3)c2c1. The Kier molecular flexibility index (Phi) is 4.69. The first-order valence-electron chi connectivity index (χ1n) is 9.37. The van der Waals surface area contributed by atoms with Crippen LogP contribution in [-0.2, 0) is 6.54 Å². The van der Waals surface area contributed by atoms with E-state index in [4.69, 9.17) is 0 Å². The van der Waals surface area contributed by atoms with Crippen molar-refractivity contribution in [1.82, 2.24) is 19.7 Å². The first kappa shape index (κ1) is 18.0. The highest BCUT2D eigenvalue weighted by molar-refractivity contribution is 6.11. The van der Waals surface area contributed by atoms with Crippen LogP contribution in [-0.4, -0.2) is 25.7 Å². The zero-order valence-corrected chi connectivity index (χ0v) is 16.2. The lowest BCUT2D eigenvalue weighted by atomic mass is 10.1. The number of benzene rings is 2. The Morgan fingerprint density at radius 3 is 2.89 bits per heavy atom. The monoisotopic (exact) mass is 373 g/mol. The van der Waals surface area contributed by atoms with Gasteiger partial charge in [0.25, 0.3) is 5.91 Å². The molecule has 1 amide bonds. The zero-order chi connectivity index (χ0) is 19.7. The second-order valence-corrected chi connectivity index (χ2v) is 7.34. The number of hydrogen-bond donors (Lipinski definition) is 2. The molecule has 28 heavy (non-hydrogen) atoms. The maximum absolute atomic E-state index is 12.8. The fraction of sp³-hybridized carbons (Fsp3) is 0.227. The Bertz CT molecular complexity index is 1140. The van der Waals surface area contributed by atoms with Crippen molar-refractivity contribution < 1.29 is 4.79 Å². The van der Waals surface area contributed by atoms with E-state index >= 15 is 0 Å². The number of amides is 1. The minimum atomic E-state index is -0.223. The molecule has 0 saturated heterocycles. The van der Waals surface area contributed by atoms with Crippen LogP contribution >= 0.6 is 0 Å². The topological polar surface area (TPSA) is 75.6 Å². The van der Waals surface area contributed by atoms with Gasteiger partial charge in [0.05, 0.1) is 5.52 Å². The van der Waals surface area contributed by atoms with Crippen LogP contribution in [0.2, 0.25) is 0 Å². The Morgan fingerprint density at radius 2 is 2.07 bits per heavy atom. The van der Waals surface area contributed by atoms with E-state index < -0.39 is 0 Å². The number of nitrogens with one attached hydrogen (secondary N) is 2. The van der Waals surface area contributed by atoms with Gasteiger partial charge in [-0.2, -0.15) is 5.10 Å². The van der Waals surface area contributed by atoms with Gasteiger partial charge in [-0.15, -0.1) is 0 Å². The molecule has 0 radical (unpaired) electrons. The summed E-state index contributed by atoms with van der Waals surface area (Å²) in [5, 5.41) is 10.9. The maximum Gasteiger partial charge on any atom is 0.276 e. The van der Waals surface area contributed by atoms with Crippen molar-refractivity contribution >= 4 is 22.5 Å². The van der Waals surface area contributed by atoms with Gasteiger partial charge in [-0.25, -0.2) is 4.98 Å². The van der Waals surface area contributed by atoms with Gasteiger partial charge in [0.1, 0.15) is 5.82 Å². The first-order valence-corrected chi connectivity index (χ1v) is 9.37. The average molecular weight is 373 g/mol. The normalized spacial score (nSPS) is 11.3. The fourth-order valence-corrected chi connectivity index (χ4v) is 3.39. The van der Waals surface area contributed by atoms with Crippen molar-refractivity contribution in [3.8, 4) is 0 Å². The summed E-state index contributed by atoms with van der Waals surface area (Å²) >= 11 is 0. The molecule has 0 fully saturated rings. The molecule has 0 atom stereocenters. The van der Waals surface area contributed by atoms with Crippen molar-refractivity contribution in [1.29, 1.82) is 0 Å². The molecule has 0 saturated carbocycles. The van der Waals surface area contributed by atoms with Crippen LogP contribution in [0, 0.1) is 6.92 Å². The number of rotatable bonds is 5. The van der Waals surface area contributed by atoms with Crippen LogP contribution in [0.25, 0.3) is 10.9 Å². The second-order valence-electron chi connectivity index (χ2n) is 7.34. The molecule has 0 spiro atoms. The quantitative estimate of drug-likeness (QED) is 0.541. The molecular formula is C22H23N5O. The van der Waals surface area contributed by atoms with E-state index in [0.717, 1.165) is 33.5 Å². The van der Waals surface area contributed by atoms with E-state index in [-0.39, 0.29) is 5.91 Å². The third-order valence-electron chi connectivity index (χ3n) is 4.74. The van der Waals surface area contributed by atoms with E-state index in [0.29, 0.717) is 18.2 Å². The van der Waals surface area contributed by atoms with E-state index in [9.17, 15) is 4.79 Å². The molecule has 2 aromatic carbocycles. The molecule has 0 bridgehead atoms. The van der Waals surface area contributed by atoms with Gasteiger partial charge >= 0.3 is 0 Å². The molecule has 6 heteroatoms. The largest absolute Gasteiger partial charge is 0.330 e. The highest BCUT2D eigenvalue weighted by Crippen LogP contribution is 2.20. The Labute approximate surface area is 163 Å². The van der Waals surface area contributed by atoms with Crippen molar-refractivity contribution in [2.75, 3.05) is 5.32 Å². The smallest absolute Gasteiger partial charge is 0.276 e. The van der Waals surface area contributed by atoms with Crippen LogP contribution in [0.4, 0.5) is 5.69 Å². The van der Waals surface area contributed by atoms with Gasteiger partial charge in [-0.1, -0.05) is 37.6 Å². The second kappa shape index (κ2) is 7.31. The number of hydrogen-bond acceptors (Lipinski definition) is 3. The van der Waals surface area contributed by atoms with Crippen LogP contribution in [0.5, 0.6) is 0 Å². The minimum absolute atomic E-state index is 0.223. The fourth-order valence-electron chi connectivity index (χ4n) is 3.39. The molecule has 4 rings (SSSR count). The van der Waals surface area contributed by atoms with Gasteiger partial charge in [0.15, 0.2) is 5.69 Å². The molecule has 0 aliphatic carbocycles. The number of fused-ring (bicyclic) bond motifs is 1. The third kappa shape index (κ3) is 3.53. The van der Waals surface area contributed by atoms with Crippen LogP contribution in [0.15, 0.2) is 54.9 Å². The Hall–Kier alpha value is -3.41. The summed E-state index contributed by atoms with van der Waals surface area (Å²) in [6.45, 7) is 6.97. The standard InChI is InChI=1S/C22H23N5O/c1-14(2)21-23-9-10-27(21)13-16-5-4-6-17(12-16)24-22(28)20-18-11-15(3)7-8-19(18)25-26-20/h4-12,14H,13H2,1-3H3,(H,24,28)(H,25,26). The molecule has 2 heterocycles. The number of anilines is 1. The summed E-state index contributed by atoms with van der Waals surface area (Å²) in [7, 11) is 0. The predicted molar refractivity (Wildman–Crippen MR) is 111 cm³/mol. The Morgan fingerprint density at radius 1 is 1.21 bits per heavy atom. The van der Waals surface area contributed by atoms with E-state index in [2.05, 4.69) is 38.9 Å². The van der Waals surface area contributed by atoms with Crippen molar-refractivity contribution in [3.05, 3.63) is 77.5 Å². The highest BCUT2D eigenvalue weighted by Gasteiger charge is 2.15. The number of nitrogens with zero attached hydrogens (tertiary/aromatic N) is 3. The average Bonchev–Trinajstić information content (AvgIpc) is 3.28. The van der Waals surface area contributed by atoms with Crippen LogP contribution in [0.1, 0.15) is 47.2 Å². The number of H-pyrrole nitrogens is 1. The summed E-state index contributed by atoms with van der Waals surface area (Å²) < 4.78 is 2.13. The molecule has 0 aliphatic rings. The van der Waals surface area contributed by atoms with Gasteiger partial charge in [0.2, 0.25) is 0 Å². The lowest BCUT2D eigenvalue weighted by Crippen LogP contribution is -2.13. The summed E-state index contributed by atoms with van der Waals surface area (Å²) in [6.07, 6.45) is 3.81. The number of carbonyl (C=O) groups excluding carboxylic acids is 1. The molecule has 2 N–H and O–H groups in total. The Balaban J connectivity index is 1.55. The molecule has 0 unspecified atom stereocenters. The summed E-state index contributed by atoms with van der Waals surface area (Å²) in [4.78, 5) is 17.2. The molecule has 6 nitrogen and oxygen atoms in total. The molecular weight excluding hydrogens is 350 g/mol. The van der Waals surface area contributed by atoms with E-state index in [1.54, 1.807) is 0 Å². The van der Waals surface area contributed by atoms with Gasteiger partial charge in [-0.05, 0) is 36.8 Å². The van der Waals surface area contributed by atoms with Gasteiger partial charge in [0, 0.05) is 35.9 Å². The lowest BCUT2D eigenvalue weighted by Gasteiger charge is -2.11. The summed E-state index contributed by atoms with van der Waals surface area (Å²) in [6, 6.07) is 13.8. The van der Waals surface area contributed by atoms with Crippen molar-refractivity contribution in [3.63, 3.8) is 0 Å². The van der Waals surface area contributed by atoms with Crippen molar-refractivity contribution in [2.24, 2.45) is 0 Å². The molecule has 0 aliphatic heterocycles. The van der Waals surface area contributed by atoms with Crippen LogP contribution < -0.4 is 5.32 Å². The number of aryl methyl sites for hydroxylation is 1. The van der Waals surface area contributed by atoms with E-state index in [1.807, 2.05) is 61.8 Å². The predicted octanol–water partition coefficient (Wildman–Crippen LogP) is 4.49. The maximum atomic E-state index is 12.8. The number of imidazole rings is 1. The summed E-state index contributed by atoms with van der Waals surface area (Å²) in [5.41, 5.74) is 4.19. The number of aromatic nitrogens is 4. The summed E-state index contributed by atoms with van der Waals surface area (Å²) in [5.74, 6) is 1.18. The lowest BCUT2D eigenvalue weighted by molar-refractivity contribution is 0.102. The first-order chi connectivity index (χ1) is 13.5. The van der Waals surface area contributed by atoms with Crippen molar-refractivity contribution in [2.45, 2.75) is 33.2 Å². The minimum Gasteiger partial charge on any atom is -0.330 e. The van der Waals surface area contributed by atoms with Gasteiger partial charge < -0.3 is 9.88 Å². The third-order valence-corrected chi connectivity index (χ3v) is 4.74. The number of aromatic amines is 1.